The monoisotopic (exact) mass is 491 g/mol. The molecule has 7 nitrogen and oxygen atoms in total. The van der Waals surface area contributed by atoms with E-state index in [1.165, 1.54) is 19.3 Å². The number of guanidine groups is 1. The lowest BCUT2D eigenvalue weighted by Crippen LogP contribution is -2.38. The van der Waals surface area contributed by atoms with Gasteiger partial charge in [0.1, 0.15) is 5.82 Å². The molecule has 3 heterocycles. The topological polar surface area (TPSA) is 63.3 Å². The standard InChI is InChI=1S/C17H26ClN7.HI/c1-19-17(24(3)12-14-9-13(18)11-23(14)2)20-10-16-22-21-15-7-5-4-6-8-25(15)16;/h9,11H,4-8,10,12H2,1-3H3,(H,19,20);1H. The maximum absolute atomic E-state index is 6.07. The summed E-state index contributed by atoms with van der Waals surface area (Å²) in [4.78, 5) is 6.46. The van der Waals surface area contributed by atoms with Crippen molar-refractivity contribution in [1.82, 2.24) is 29.5 Å². The Bertz CT molecular complexity index is 752. The summed E-state index contributed by atoms with van der Waals surface area (Å²) in [6.45, 7) is 2.36. The zero-order valence-electron chi connectivity index (χ0n) is 15.6. The van der Waals surface area contributed by atoms with Crippen LogP contribution in [0.1, 0.15) is 36.6 Å². The Hall–Kier alpha value is -1.29. The van der Waals surface area contributed by atoms with Gasteiger partial charge in [-0.1, -0.05) is 18.0 Å². The highest BCUT2D eigenvalue weighted by molar-refractivity contribution is 14.0. The molecule has 0 fully saturated rings. The predicted molar refractivity (Wildman–Crippen MR) is 115 cm³/mol. The van der Waals surface area contributed by atoms with Crippen LogP contribution in [0.3, 0.4) is 0 Å². The molecule has 144 valence electrons. The molecule has 0 radical (unpaired) electrons. The molecule has 9 heteroatoms. The zero-order chi connectivity index (χ0) is 17.8. The Kier molecular flexibility index (Phi) is 7.75. The summed E-state index contributed by atoms with van der Waals surface area (Å²) in [6.07, 6.45) is 6.60. The average molecular weight is 492 g/mol. The second-order valence-electron chi connectivity index (χ2n) is 6.51. The molecule has 1 N–H and O–H groups in total. The van der Waals surface area contributed by atoms with Gasteiger partial charge >= 0.3 is 0 Å². The number of nitrogens with zero attached hydrogens (tertiary/aromatic N) is 6. The molecule has 2 aromatic heterocycles. The third kappa shape index (κ3) is 4.91. The highest BCUT2D eigenvalue weighted by Gasteiger charge is 2.16. The Labute approximate surface area is 176 Å². The molecule has 0 aromatic carbocycles. The first-order valence-electron chi connectivity index (χ1n) is 8.72. The number of aromatic nitrogens is 4. The Balaban J connectivity index is 0.00000243. The van der Waals surface area contributed by atoms with Gasteiger partial charge in [-0.25, -0.2) is 0 Å². The predicted octanol–water partition coefficient (Wildman–Crippen LogP) is 2.82. The van der Waals surface area contributed by atoms with E-state index in [9.17, 15) is 0 Å². The van der Waals surface area contributed by atoms with Gasteiger partial charge in [-0.3, -0.25) is 4.99 Å². The van der Waals surface area contributed by atoms with Gasteiger partial charge in [0.25, 0.3) is 0 Å². The molecule has 0 saturated heterocycles. The summed E-state index contributed by atoms with van der Waals surface area (Å²) in [6, 6.07) is 1.98. The van der Waals surface area contributed by atoms with Crippen LogP contribution in [0.2, 0.25) is 5.02 Å². The molecule has 1 aliphatic heterocycles. The van der Waals surface area contributed by atoms with Crippen molar-refractivity contribution in [1.29, 1.82) is 0 Å². The minimum Gasteiger partial charge on any atom is -0.351 e. The third-order valence-corrected chi connectivity index (χ3v) is 4.84. The maximum Gasteiger partial charge on any atom is 0.194 e. The molecule has 0 saturated carbocycles. The van der Waals surface area contributed by atoms with Gasteiger partial charge in [0, 0.05) is 46.0 Å². The van der Waals surface area contributed by atoms with Gasteiger partial charge in [0.15, 0.2) is 11.8 Å². The van der Waals surface area contributed by atoms with Crippen molar-refractivity contribution < 1.29 is 0 Å². The highest BCUT2D eigenvalue weighted by Crippen LogP contribution is 2.15. The quantitative estimate of drug-likeness (QED) is 0.406. The van der Waals surface area contributed by atoms with E-state index in [0.717, 1.165) is 47.8 Å². The molecule has 1 aliphatic rings. The first kappa shape index (κ1) is 21.0. The minimum atomic E-state index is 0. The Morgan fingerprint density at radius 2 is 2.15 bits per heavy atom. The summed E-state index contributed by atoms with van der Waals surface area (Å²) < 4.78 is 4.29. The van der Waals surface area contributed by atoms with Crippen LogP contribution in [0.4, 0.5) is 0 Å². The molecular weight excluding hydrogens is 465 g/mol. The third-order valence-electron chi connectivity index (χ3n) is 4.64. The highest BCUT2D eigenvalue weighted by atomic mass is 127. The number of halogens is 2. The van der Waals surface area contributed by atoms with Crippen molar-refractivity contribution in [3.05, 3.63) is 34.6 Å². The molecule has 0 amide bonds. The normalized spacial score (nSPS) is 14.4. The van der Waals surface area contributed by atoms with Gasteiger partial charge in [-0.15, -0.1) is 34.2 Å². The number of hydrogen-bond acceptors (Lipinski definition) is 3. The first-order valence-corrected chi connectivity index (χ1v) is 9.09. The fourth-order valence-electron chi connectivity index (χ4n) is 3.26. The number of fused-ring (bicyclic) bond motifs is 1. The van der Waals surface area contributed by atoms with Crippen LogP contribution in [-0.2, 0) is 33.1 Å². The maximum atomic E-state index is 6.07. The van der Waals surface area contributed by atoms with Crippen LogP contribution >= 0.6 is 35.6 Å². The van der Waals surface area contributed by atoms with Crippen LogP contribution in [-0.4, -0.2) is 44.3 Å². The van der Waals surface area contributed by atoms with Crippen LogP contribution < -0.4 is 5.32 Å². The number of aliphatic imine (C=N–C) groups is 1. The summed E-state index contributed by atoms with van der Waals surface area (Å²) in [5.74, 6) is 2.91. The summed E-state index contributed by atoms with van der Waals surface area (Å²) in [5.41, 5.74) is 1.13. The van der Waals surface area contributed by atoms with E-state index in [1.807, 2.05) is 30.9 Å². The van der Waals surface area contributed by atoms with E-state index in [1.54, 1.807) is 7.05 Å². The van der Waals surface area contributed by atoms with Gasteiger partial charge in [0.05, 0.1) is 18.1 Å². The average Bonchev–Trinajstić information content (AvgIpc) is 3.01. The van der Waals surface area contributed by atoms with E-state index in [2.05, 4.69) is 30.0 Å². The van der Waals surface area contributed by atoms with Gasteiger partial charge in [0.2, 0.25) is 0 Å². The summed E-state index contributed by atoms with van der Waals surface area (Å²) in [7, 11) is 5.80. The minimum absolute atomic E-state index is 0. The molecule has 0 aliphatic carbocycles. The van der Waals surface area contributed by atoms with Crippen molar-refractivity contribution in [3.63, 3.8) is 0 Å². The summed E-state index contributed by atoms with van der Waals surface area (Å²) >= 11 is 6.07. The van der Waals surface area contributed by atoms with Crippen LogP contribution in [0, 0.1) is 0 Å². The lowest BCUT2D eigenvalue weighted by molar-refractivity contribution is 0.459. The van der Waals surface area contributed by atoms with Gasteiger partial charge in [-0.2, -0.15) is 0 Å². The molecule has 26 heavy (non-hydrogen) atoms. The smallest absolute Gasteiger partial charge is 0.194 e. The number of aryl methyl sites for hydroxylation is 2. The van der Waals surface area contributed by atoms with Crippen molar-refractivity contribution >= 4 is 41.5 Å². The van der Waals surface area contributed by atoms with E-state index in [4.69, 9.17) is 11.6 Å². The lowest BCUT2D eigenvalue weighted by atomic mass is 10.2. The largest absolute Gasteiger partial charge is 0.351 e. The molecule has 0 spiro atoms. The van der Waals surface area contributed by atoms with E-state index in [0.29, 0.717) is 6.54 Å². The number of nitrogens with one attached hydrogen (secondary N) is 1. The van der Waals surface area contributed by atoms with Crippen molar-refractivity contribution in [2.75, 3.05) is 14.1 Å². The fourth-order valence-corrected chi connectivity index (χ4v) is 3.53. The van der Waals surface area contributed by atoms with Crippen molar-refractivity contribution in [2.45, 2.75) is 45.3 Å². The molecule has 2 aromatic rings. The molecular formula is C17H27ClIN7. The van der Waals surface area contributed by atoms with E-state index in [-0.39, 0.29) is 24.0 Å². The second kappa shape index (κ2) is 9.59. The molecule has 3 rings (SSSR count). The van der Waals surface area contributed by atoms with E-state index < -0.39 is 0 Å². The molecule has 0 atom stereocenters. The van der Waals surface area contributed by atoms with E-state index >= 15 is 0 Å². The first-order chi connectivity index (χ1) is 12.1. The van der Waals surface area contributed by atoms with Crippen LogP contribution in [0.5, 0.6) is 0 Å². The summed E-state index contributed by atoms with van der Waals surface area (Å²) in [5, 5.41) is 12.9. The van der Waals surface area contributed by atoms with Crippen molar-refractivity contribution in [2.24, 2.45) is 12.0 Å². The zero-order valence-corrected chi connectivity index (χ0v) is 18.7. The molecule has 0 bridgehead atoms. The lowest BCUT2D eigenvalue weighted by Gasteiger charge is -2.22. The van der Waals surface area contributed by atoms with Crippen LogP contribution in [0.15, 0.2) is 17.3 Å². The number of hydrogen-bond donors (Lipinski definition) is 1. The number of rotatable bonds is 4. The SMILES string of the molecule is CN=C(NCc1nnc2n1CCCCC2)N(C)Cc1cc(Cl)cn1C.I. The Morgan fingerprint density at radius 1 is 1.35 bits per heavy atom. The van der Waals surface area contributed by atoms with Crippen molar-refractivity contribution in [3.8, 4) is 0 Å². The molecule has 0 unspecified atom stereocenters. The van der Waals surface area contributed by atoms with Crippen LogP contribution in [0.25, 0.3) is 0 Å². The fraction of sp³-hybridized carbons (Fsp3) is 0.588. The second-order valence-corrected chi connectivity index (χ2v) is 6.95. The van der Waals surface area contributed by atoms with Gasteiger partial charge in [-0.05, 0) is 18.9 Å². The van der Waals surface area contributed by atoms with Gasteiger partial charge < -0.3 is 19.4 Å². The Morgan fingerprint density at radius 3 is 2.85 bits per heavy atom.